The van der Waals surface area contributed by atoms with Gasteiger partial charge in [0.1, 0.15) is 5.60 Å². The van der Waals surface area contributed by atoms with Crippen LogP contribution in [0.4, 0.5) is 4.79 Å². The lowest BCUT2D eigenvalue weighted by molar-refractivity contribution is -0.121. The van der Waals surface area contributed by atoms with Crippen LogP contribution in [-0.2, 0) is 22.6 Å². The standard InChI is InChI=1S/C22H35N3O3/c1-17-6-5-13-25(15-17)16-19-9-7-18(8-10-19)14-24-20(26)11-12-23-21(27)28-22(2,3)4/h7-10,17H,5-6,11-16H2,1-4H3,(H,23,27)(H,24,26). The molecule has 1 fully saturated rings. The molecule has 2 rings (SSSR count). The maximum Gasteiger partial charge on any atom is 0.407 e. The van der Waals surface area contributed by atoms with Crippen LogP contribution in [0.25, 0.3) is 0 Å². The molecule has 1 aromatic rings. The topological polar surface area (TPSA) is 70.7 Å². The van der Waals surface area contributed by atoms with Gasteiger partial charge in [0.15, 0.2) is 0 Å². The summed E-state index contributed by atoms with van der Waals surface area (Å²) in [5.41, 5.74) is 1.85. The van der Waals surface area contributed by atoms with E-state index < -0.39 is 11.7 Å². The number of alkyl carbamates (subject to hydrolysis) is 1. The molecule has 1 unspecified atom stereocenters. The van der Waals surface area contributed by atoms with Gasteiger partial charge < -0.3 is 15.4 Å². The zero-order valence-electron chi connectivity index (χ0n) is 17.7. The van der Waals surface area contributed by atoms with Crippen LogP contribution in [-0.4, -0.2) is 42.1 Å². The van der Waals surface area contributed by atoms with Gasteiger partial charge in [0, 0.05) is 32.6 Å². The lowest BCUT2D eigenvalue weighted by Crippen LogP contribution is -2.35. The van der Waals surface area contributed by atoms with Gasteiger partial charge in [-0.05, 0) is 57.2 Å². The average Bonchev–Trinajstić information content (AvgIpc) is 2.59. The molecule has 28 heavy (non-hydrogen) atoms. The van der Waals surface area contributed by atoms with Gasteiger partial charge in [-0.3, -0.25) is 9.69 Å². The molecule has 0 saturated carbocycles. The van der Waals surface area contributed by atoms with Crippen LogP contribution in [0.5, 0.6) is 0 Å². The van der Waals surface area contributed by atoms with Crippen molar-refractivity contribution in [1.29, 1.82) is 0 Å². The SMILES string of the molecule is CC1CCCN(Cc2ccc(CNC(=O)CCNC(=O)OC(C)(C)C)cc2)C1. The van der Waals surface area contributed by atoms with E-state index >= 15 is 0 Å². The van der Waals surface area contributed by atoms with Crippen LogP contribution in [0.2, 0.25) is 0 Å². The van der Waals surface area contributed by atoms with E-state index in [0.717, 1.165) is 18.0 Å². The first kappa shape index (κ1) is 22.2. The van der Waals surface area contributed by atoms with Crippen molar-refractivity contribution in [3.8, 4) is 0 Å². The van der Waals surface area contributed by atoms with Gasteiger partial charge in [-0.25, -0.2) is 4.79 Å². The largest absolute Gasteiger partial charge is 0.444 e. The normalized spacial score (nSPS) is 17.8. The second kappa shape index (κ2) is 10.5. The zero-order chi connectivity index (χ0) is 20.6. The molecule has 0 spiro atoms. The van der Waals surface area contributed by atoms with E-state index in [1.165, 1.54) is 31.5 Å². The highest BCUT2D eigenvalue weighted by molar-refractivity contribution is 5.77. The number of hydrogen-bond donors (Lipinski definition) is 2. The number of benzene rings is 1. The Kier molecular flexibility index (Phi) is 8.30. The number of piperidine rings is 1. The Morgan fingerprint density at radius 1 is 1.14 bits per heavy atom. The highest BCUT2D eigenvalue weighted by Gasteiger charge is 2.17. The van der Waals surface area contributed by atoms with Gasteiger partial charge in [-0.1, -0.05) is 31.2 Å². The van der Waals surface area contributed by atoms with E-state index in [4.69, 9.17) is 4.74 Å². The molecule has 156 valence electrons. The predicted molar refractivity (Wildman–Crippen MR) is 111 cm³/mol. The molecule has 1 atom stereocenters. The maximum absolute atomic E-state index is 11.9. The molecule has 6 heteroatoms. The minimum atomic E-state index is -0.537. The Hall–Kier alpha value is -2.08. The third kappa shape index (κ3) is 8.74. The third-order valence-corrected chi connectivity index (χ3v) is 4.68. The Morgan fingerprint density at radius 2 is 1.82 bits per heavy atom. The Balaban J connectivity index is 1.65. The molecule has 0 radical (unpaired) electrons. The molecule has 0 aromatic heterocycles. The second-order valence-corrected chi connectivity index (χ2v) is 8.75. The third-order valence-electron chi connectivity index (χ3n) is 4.68. The zero-order valence-corrected chi connectivity index (χ0v) is 17.7. The number of amides is 2. The Labute approximate surface area is 169 Å². The van der Waals surface area contributed by atoms with Gasteiger partial charge in [0.2, 0.25) is 5.91 Å². The highest BCUT2D eigenvalue weighted by atomic mass is 16.6. The van der Waals surface area contributed by atoms with Crippen molar-refractivity contribution in [2.45, 2.75) is 65.6 Å². The van der Waals surface area contributed by atoms with Crippen molar-refractivity contribution in [3.05, 3.63) is 35.4 Å². The summed E-state index contributed by atoms with van der Waals surface area (Å²) in [6.07, 6.45) is 2.35. The molecular formula is C22H35N3O3. The van der Waals surface area contributed by atoms with Crippen molar-refractivity contribution in [1.82, 2.24) is 15.5 Å². The number of nitrogens with one attached hydrogen (secondary N) is 2. The van der Waals surface area contributed by atoms with Crippen molar-refractivity contribution in [2.24, 2.45) is 5.92 Å². The van der Waals surface area contributed by atoms with Crippen LogP contribution < -0.4 is 10.6 Å². The molecule has 6 nitrogen and oxygen atoms in total. The number of hydrogen-bond acceptors (Lipinski definition) is 4. The van der Waals surface area contributed by atoms with Crippen LogP contribution in [0.3, 0.4) is 0 Å². The first-order chi connectivity index (χ1) is 13.2. The fourth-order valence-electron chi connectivity index (χ4n) is 3.33. The van der Waals surface area contributed by atoms with Crippen molar-refractivity contribution in [2.75, 3.05) is 19.6 Å². The number of nitrogens with zero attached hydrogens (tertiary/aromatic N) is 1. The molecular weight excluding hydrogens is 354 g/mol. The van der Waals surface area contributed by atoms with Crippen LogP contribution in [0.15, 0.2) is 24.3 Å². The Morgan fingerprint density at radius 3 is 2.46 bits per heavy atom. The molecule has 1 aromatic carbocycles. The monoisotopic (exact) mass is 389 g/mol. The molecule has 2 N–H and O–H groups in total. The summed E-state index contributed by atoms with van der Waals surface area (Å²) in [6, 6.07) is 8.43. The maximum atomic E-state index is 11.9. The van der Waals surface area contributed by atoms with E-state index in [1.54, 1.807) is 20.8 Å². The summed E-state index contributed by atoms with van der Waals surface area (Å²) < 4.78 is 5.14. The predicted octanol–water partition coefficient (Wildman–Crippen LogP) is 3.45. The summed E-state index contributed by atoms with van der Waals surface area (Å²) in [7, 11) is 0. The van der Waals surface area contributed by atoms with Crippen molar-refractivity contribution < 1.29 is 14.3 Å². The summed E-state index contributed by atoms with van der Waals surface area (Å²) >= 11 is 0. The summed E-state index contributed by atoms with van der Waals surface area (Å²) in [6.45, 7) is 11.8. The van der Waals surface area contributed by atoms with Gasteiger partial charge >= 0.3 is 6.09 Å². The molecule has 2 amide bonds. The smallest absolute Gasteiger partial charge is 0.407 e. The molecule has 1 heterocycles. The van der Waals surface area contributed by atoms with E-state index in [2.05, 4.69) is 46.7 Å². The fraction of sp³-hybridized carbons (Fsp3) is 0.636. The lowest BCUT2D eigenvalue weighted by atomic mass is 9.99. The first-order valence-corrected chi connectivity index (χ1v) is 10.2. The minimum absolute atomic E-state index is 0.0950. The van der Waals surface area contributed by atoms with Gasteiger partial charge in [0.05, 0.1) is 0 Å². The van der Waals surface area contributed by atoms with E-state index in [9.17, 15) is 9.59 Å². The lowest BCUT2D eigenvalue weighted by Gasteiger charge is -2.30. The minimum Gasteiger partial charge on any atom is -0.444 e. The van der Waals surface area contributed by atoms with E-state index in [-0.39, 0.29) is 18.9 Å². The molecule has 0 aliphatic carbocycles. The van der Waals surface area contributed by atoms with Crippen LogP contribution in [0, 0.1) is 5.92 Å². The molecule has 0 bridgehead atoms. The van der Waals surface area contributed by atoms with Crippen molar-refractivity contribution >= 4 is 12.0 Å². The van der Waals surface area contributed by atoms with Gasteiger partial charge in [-0.2, -0.15) is 0 Å². The number of ether oxygens (including phenoxy) is 1. The summed E-state index contributed by atoms with van der Waals surface area (Å²) in [5.74, 6) is 0.690. The Bertz CT molecular complexity index is 637. The number of rotatable bonds is 7. The van der Waals surface area contributed by atoms with Crippen molar-refractivity contribution in [3.63, 3.8) is 0 Å². The summed E-state index contributed by atoms with van der Waals surface area (Å²) in [4.78, 5) is 26.0. The molecule has 1 aliphatic rings. The van der Waals surface area contributed by atoms with E-state index in [0.29, 0.717) is 6.54 Å². The van der Waals surface area contributed by atoms with Crippen LogP contribution in [0.1, 0.15) is 58.1 Å². The highest BCUT2D eigenvalue weighted by Crippen LogP contribution is 2.18. The van der Waals surface area contributed by atoms with Gasteiger partial charge in [-0.15, -0.1) is 0 Å². The average molecular weight is 390 g/mol. The number of likely N-dealkylation sites (tertiary alicyclic amines) is 1. The molecule has 1 aliphatic heterocycles. The summed E-state index contributed by atoms with van der Waals surface area (Å²) in [5, 5.41) is 5.48. The molecule has 1 saturated heterocycles. The second-order valence-electron chi connectivity index (χ2n) is 8.75. The quantitative estimate of drug-likeness (QED) is 0.749. The fourth-order valence-corrected chi connectivity index (χ4v) is 3.33. The number of carbonyl (C=O) groups is 2. The van der Waals surface area contributed by atoms with Crippen LogP contribution >= 0.6 is 0 Å². The first-order valence-electron chi connectivity index (χ1n) is 10.2. The van der Waals surface area contributed by atoms with E-state index in [1.807, 2.05) is 0 Å². The van der Waals surface area contributed by atoms with Gasteiger partial charge in [0.25, 0.3) is 0 Å². The number of carbonyl (C=O) groups excluding carboxylic acids is 2.